The number of piperazine rings is 1. The van der Waals surface area contributed by atoms with Gasteiger partial charge in [0.1, 0.15) is 11.6 Å². The Hall–Kier alpha value is -2.41. The van der Waals surface area contributed by atoms with Crippen LogP contribution in [0, 0.1) is 5.82 Å². The molecule has 0 radical (unpaired) electrons. The van der Waals surface area contributed by atoms with Crippen molar-refractivity contribution in [3.63, 3.8) is 0 Å². The normalized spacial score (nSPS) is 17.3. The maximum atomic E-state index is 13.9. The average Bonchev–Trinajstić information content (AvgIpc) is 3.26. The third-order valence-electron chi connectivity index (χ3n) is 5.36. The summed E-state index contributed by atoms with van der Waals surface area (Å²) in [4.78, 5) is 27.8. The number of anilines is 2. The minimum Gasteiger partial charge on any atom is -0.353 e. The monoisotopic (exact) mass is 403 g/mol. The van der Waals surface area contributed by atoms with Crippen LogP contribution >= 0.6 is 11.6 Å². The molecule has 1 aromatic carbocycles. The van der Waals surface area contributed by atoms with Gasteiger partial charge in [0, 0.05) is 56.1 Å². The van der Waals surface area contributed by atoms with E-state index in [1.165, 1.54) is 18.9 Å². The molecule has 0 atom stereocenters. The van der Waals surface area contributed by atoms with Crippen molar-refractivity contribution >= 4 is 29.3 Å². The Kier molecular flexibility index (Phi) is 5.62. The standard InChI is InChI=1S/C20H23ClFN5O/c21-16-4-3-5-17(22)15(16)14-19(28)26-12-10-25(11-13-26)18-6-7-23-20(24-18)27-8-1-2-9-27/h3-7H,1-2,8-14H2. The number of aromatic nitrogens is 2. The fraction of sp³-hybridized carbons (Fsp3) is 0.450. The molecule has 0 unspecified atom stereocenters. The smallest absolute Gasteiger partial charge is 0.227 e. The summed E-state index contributed by atoms with van der Waals surface area (Å²) < 4.78 is 13.9. The molecule has 2 aliphatic heterocycles. The summed E-state index contributed by atoms with van der Waals surface area (Å²) in [6.45, 7) is 4.54. The van der Waals surface area contributed by atoms with E-state index in [0.717, 1.165) is 24.9 Å². The lowest BCUT2D eigenvalue weighted by Crippen LogP contribution is -2.49. The third-order valence-corrected chi connectivity index (χ3v) is 5.72. The van der Waals surface area contributed by atoms with E-state index in [9.17, 15) is 9.18 Å². The van der Waals surface area contributed by atoms with Crippen molar-refractivity contribution in [1.29, 1.82) is 0 Å². The lowest BCUT2D eigenvalue weighted by molar-refractivity contribution is -0.130. The minimum absolute atomic E-state index is 0.0158. The lowest BCUT2D eigenvalue weighted by atomic mass is 10.1. The molecule has 1 aromatic heterocycles. The second-order valence-electron chi connectivity index (χ2n) is 7.15. The van der Waals surface area contributed by atoms with Crippen LogP contribution in [0.3, 0.4) is 0 Å². The number of amides is 1. The van der Waals surface area contributed by atoms with Gasteiger partial charge in [-0.25, -0.2) is 9.37 Å². The Bertz CT molecular complexity index is 830. The van der Waals surface area contributed by atoms with Gasteiger partial charge in [0.25, 0.3) is 0 Å². The highest BCUT2D eigenvalue weighted by Crippen LogP contribution is 2.22. The summed E-state index contributed by atoms with van der Waals surface area (Å²) in [6.07, 6.45) is 4.15. The van der Waals surface area contributed by atoms with Crippen LogP contribution in [0.1, 0.15) is 18.4 Å². The first kappa shape index (κ1) is 18.9. The number of rotatable bonds is 4. The number of nitrogens with zero attached hydrogens (tertiary/aromatic N) is 5. The quantitative estimate of drug-likeness (QED) is 0.785. The maximum Gasteiger partial charge on any atom is 0.227 e. The van der Waals surface area contributed by atoms with E-state index < -0.39 is 5.82 Å². The van der Waals surface area contributed by atoms with Crippen molar-refractivity contribution in [2.24, 2.45) is 0 Å². The maximum absolute atomic E-state index is 13.9. The van der Waals surface area contributed by atoms with Crippen molar-refractivity contribution in [2.75, 3.05) is 49.1 Å². The van der Waals surface area contributed by atoms with Gasteiger partial charge in [-0.1, -0.05) is 17.7 Å². The molecule has 0 saturated carbocycles. The predicted molar refractivity (Wildman–Crippen MR) is 107 cm³/mol. The fourth-order valence-corrected chi connectivity index (χ4v) is 3.96. The van der Waals surface area contributed by atoms with Crippen molar-refractivity contribution in [1.82, 2.24) is 14.9 Å². The summed E-state index contributed by atoms with van der Waals surface area (Å²) in [7, 11) is 0. The summed E-state index contributed by atoms with van der Waals surface area (Å²) in [5.74, 6) is 1.13. The predicted octanol–water partition coefficient (Wildman–Crippen LogP) is 2.76. The zero-order valence-electron chi connectivity index (χ0n) is 15.7. The Morgan fingerprint density at radius 1 is 1.04 bits per heavy atom. The summed E-state index contributed by atoms with van der Waals surface area (Å²) >= 11 is 6.05. The number of carbonyl (C=O) groups is 1. The van der Waals surface area contributed by atoms with Gasteiger partial charge in [-0.15, -0.1) is 0 Å². The number of benzene rings is 1. The number of halogens is 2. The van der Waals surface area contributed by atoms with Crippen LogP contribution in [-0.2, 0) is 11.2 Å². The van der Waals surface area contributed by atoms with Gasteiger partial charge in [0.2, 0.25) is 11.9 Å². The SMILES string of the molecule is O=C(Cc1c(F)cccc1Cl)N1CCN(c2ccnc(N3CCCC3)n2)CC1. The average molecular weight is 404 g/mol. The van der Waals surface area contributed by atoms with Crippen LogP contribution < -0.4 is 9.80 Å². The van der Waals surface area contributed by atoms with E-state index in [4.69, 9.17) is 16.6 Å². The van der Waals surface area contributed by atoms with Crippen molar-refractivity contribution in [2.45, 2.75) is 19.3 Å². The minimum atomic E-state index is -0.435. The summed E-state index contributed by atoms with van der Waals surface area (Å²) in [6, 6.07) is 6.40. The summed E-state index contributed by atoms with van der Waals surface area (Å²) in [5.41, 5.74) is 0.266. The molecule has 1 amide bonds. The first-order chi connectivity index (χ1) is 13.6. The van der Waals surface area contributed by atoms with E-state index >= 15 is 0 Å². The number of hydrogen-bond donors (Lipinski definition) is 0. The zero-order valence-corrected chi connectivity index (χ0v) is 16.4. The first-order valence-corrected chi connectivity index (χ1v) is 10.0. The van der Waals surface area contributed by atoms with Crippen molar-refractivity contribution in [3.05, 3.63) is 46.9 Å². The Balaban J connectivity index is 1.37. The molecule has 8 heteroatoms. The highest BCUT2D eigenvalue weighted by molar-refractivity contribution is 6.31. The molecule has 0 spiro atoms. The van der Waals surface area contributed by atoms with E-state index in [-0.39, 0.29) is 17.9 Å². The van der Waals surface area contributed by atoms with Crippen LogP contribution in [0.2, 0.25) is 5.02 Å². The molecule has 2 saturated heterocycles. The van der Waals surface area contributed by atoms with Gasteiger partial charge >= 0.3 is 0 Å². The Morgan fingerprint density at radius 2 is 1.79 bits per heavy atom. The fourth-order valence-electron chi connectivity index (χ4n) is 3.73. The Labute approximate surface area is 168 Å². The second-order valence-corrected chi connectivity index (χ2v) is 7.56. The molecule has 2 aromatic rings. The number of hydrogen-bond acceptors (Lipinski definition) is 5. The van der Waals surface area contributed by atoms with Crippen molar-refractivity contribution in [3.8, 4) is 0 Å². The van der Waals surface area contributed by atoms with E-state index in [0.29, 0.717) is 31.2 Å². The van der Waals surface area contributed by atoms with Crippen LogP contribution in [-0.4, -0.2) is 60.0 Å². The molecule has 2 fully saturated rings. The molecule has 148 valence electrons. The van der Waals surface area contributed by atoms with E-state index in [1.54, 1.807) is 23.2 Å². The summed E-state index contributed by atoms with van der Waals surface area (Å²) in [5, 5.41) is 0.294. The van der Waals surface area contributed by atoms with Gasteiger partial charge in [-0.05, 0) is 31.0 Å². The molecule has 3 heterocycles. The second kappa shape index (κ2) is 8.31. The van der Waals surface area contributed by atoms with E-state index in [2.05, 4.69) is 14.8 Å². The number of carbonyl (C=O) groups excluding carboxylic acids is 1. The van der Waals surface area contributed by atoms with Gasteiger partial charge < -0.3 is 14.7 Å². The lowest BCUT2D eigenvalue weighted by Gasteiger charge is -2.35. The van der Waals surface area contributed by atoms with Crippen LogP contribution in [0.5, 0.6) is 0 Å². The highest BCUT2D eigenvalue weighted by Gasteiger charge is 2.24. The third kappa shape index (κ3) is 4.04. The van der Waals surface area contributed by atoms with Crippen LogP contribution in [0.4, 0.5) is 16.2 Å². The largest absolute Gasteiger partial charge is 0.353 e. The molecule has 2 aliphatic rings. The molecule has 0 aliphatic carbocycles. The molecule has 6 nitrogen and oxygen atoms in total. The van der Waals surface area contributed by atoms with E-state index in [1.807, 2.05) is 6.07 Å². The van der Waals surface area contributed by atoms with Gasteiger partial charge in [-0.2, -0.15) is 4.98 Å². The molecular formula is C20H23ClFN5O. The van der Waals surface area contributed by atoms with Gasteiger partial charge in [-0.3, -0.25) is 4.79 Å². The van der Waals surface area contributed by atoms with Gasteiger partial charge in [0.05, 0.1) is 6.42 Å². The molecule has 0 N–H and O–H groups in total. The zero-order chi connectivity index (χ0) is 19.5. The van der Waals surface area contributed by atoms with Crippen LogP contribution in [0.15, 0.2) is 30.5 Å². The topological polar surface area (TPSA) is 52.6 Å². The first-order valence-electron chi connectivity index (χ1n) is 9.65. The van der Waals surface area contributed by atoms with Crippen molar-refractivity contribution < 1.29 is 9.18 Å². The molecular weight excluding hydrogens is 381 g/mol. The molecule has 28 heavy (non-hydrogen) atoms. The Morgan fingerprint density at radius 3 is 2.50 bits per heavy atom. The molecule has 4 rings (SSSR count). The highest BCUT2D eigenvalue weighted by atomic mass is 35.5. The van der Waals surface area contributed by atoms with Crippen LogP contribution in [0.25, 0.3) is 0 Å². The molecule has 0 bridgehead atoms. The van der Waals surface area contributed by atoms with Gasteiger partial charge in [0.15, 0.2) is 0 Å².